The van der Waals surface area contributed by atoms with Crippen molar-refractivity contribution in [2.24, 2.45) is 0 Å². The van der Waals surface area contributed by atoms with Crippen molar-refractivity contribution in [1.82, 2.24) is 4.57 Å². The molecule has 158 valence electrons. The summed E-state index contributed by atoms with van der Waals surface area (Å²) in [6.45, 7) is 1.46. The van der Waals surface area contributed by atoms with Gasteiger partial charge in [0.1, 0.15) is 5.82 Å². The minimum atomic E-state index is -4.68. The number of pyridine rings is 1. The average Bonchev–Trinajstić information content (AvgIpc) is 2.69. The Kier molecular flexibility index (Phi) is 5.93. The molecule has 0 spiro atoms. The highest BCUT2D eigenvalue weighted by molar-refractivity contribution is 6.02. The molecule has 0 saturated carbocycles. The van der Waals surface area contributed by atoms with Gasteiger partial charge in [-0.05, 0) is 42.8 Å². The van der Waals surface area contributed by atoms with Gasteiger partial charge in [0.2, 0.25) is 5.91 Å². The molecule has 1 unspecified atom stereocenters. The molecular weight excluding hydrogens is 404 g/mol. The van der Waals surface area contributed by atoms with Crippen LogP contribution in [0.1, 0.15) is 24.1 Å². The molecule has 0 aliphatic carbocycles. The Morgan fingerprint density at radius 1 is 1.17 bits per heavy atom. The Bertz CT molecular complexity index is 1160. The Labute approximate surface area is 168 Å². The first-order valence-corrected chi connectivity index (χ1v) is 9.02. The summed E-state index contributed by atoms with van der Waals surface area (Å²) in [7, 11) is 0. The van der Waals surface area contributed by atoms with E-state index in [1.165, 1.54) is 10.8 Å². The van der Waals surface area contributed by atoms with Crippen molar-refractivity contribution in [2.75, 3.05) is 11.9 Å². The molecule has 30 heavy (non-hydrogen) atoms. The number of carbonyl (C=O) groups excluding carboxylic acids is 1. The maximum Gasteiger partial charge on any atom is 0.416 e. The zero-order valence-electron chi connectivity index (χ0n) is 15.8. The van der Waals surface area contributed by atoms with Gasteiger partial charge in [-0.2, -0.15) is 13.2 Å². The van der Waals surface area contributed by atoms with Crippen LogP contribution in [0.2, 0.25) is 0 Å². The van der Waals surface area contributed by atoms with E-state index < -0.39 is 35.9 Å². The van der Waals surface area contributed by atoms with Crippen LogP contribution in [0.15, 0.2) is 53.5 Å². The molecule has 3 rings (SSSR count). The predicted octanol–water partition coefficient (Wildman–Crippen LogP) is 3.89. The van der Waals surface area contributed by atoms with Gasteiger partial charge in [-0.3, -0.25) is 9.59 Å². The van der Waals surface area contributed by atoms with Gasteiger partial charge >= 0.3 is 6.18 Å². The molecule has 3 aromatic rings. The molecule has 0 aliphatic heterocycles. The summed E-state index contributed by atoms with van der Waals surface area (Å²) in [5.41, 5.74) is -1.35. The third-order valence-corrected chi connectivity index (χ3v) is 4.72. The van der Waals surface area contributed by atoms with E-state index in [4.69, 9.17) is 0 Å². The molecule has 0 fully saturated rings. The number of hydrogen-bond donors (Lipinski definition) is 2. The summed E-state index contributed by atoms with van der Waals surface area (Å²) in [5, 5.41) is 12.6. The molecule has 0 aliphatic rings. The van der Waals surface area contributed by atoms with E-state index in [-0.39, 0.29) is 17.7 Å². The third kappa shape index (κ3) is 4.35. The number of benzene rings is 2. The van der Waals surface area contributed by atoms with Gasteiger partial charge in [0.15, 0.2) is 0 Å². The summed E-state index contributed by atoms with van der Waals surface area (Å²) in [6, 6.07) is 7.87. The fourth-order valence-electron chi connectivity index (χ4n) is 3.07. The molecule has 5 nitrogen and oxygen atoms in total. The van der Waals surface area contributed by atoms with Crippen LogP contribution in [-0.2, 0) is 17.4 Å². The summed E-state index contributed by atoms with van der Waals surface area (Å²) in [4.78, 5) is 25.0. The van der Waals surface area contributed by atoms with Crippen molar-refractivity contribution in [2.45, 2.75) is 25.6 Å². The number of aliphatic hydroxyl groups excluding tert-OH is 1. The molecule has 0 radical (unpaired) electrons. The lowest BCUT2D eigenvalue weighted by atomic mass is 10.1. The number of aliphatic hydroxyl groups is 1. The zero-order valence-corrected chi connectivity index (χ0v) is 15.8. The van der Waals surface area contributed by atoms with E-state index in [2.05, 4.69) is 5.32 Å². The minimum Gasteiger partial charge on any atom is -0.394 e. The Morgan fingerprint density at radius 2 is 1.90 bits per heavy atom. The molecule has 0 saturated heterocycles. The Morgan fingerprint density at radius 3 is 2.53 bits per heavy atom. The molecule has 1 aromatic heterocycles. The first kappa shape index (κ1) is 21.5. The van der Waals surface area contributed by atoms with Crippen LogP contribution in [0.5, 0.6) is 0 Å². The van der Waals surface area contributed by atoms with E-state index >= 15 is 0 Å². The zero-order chi connectivity index (χ0) is 22.1. The lowest BCUT2D eigenvalue weighted by Gasteiger charge is -2.15. The van der Waals surface area contributed by atoms with Gasteiger partial charge in [-0.1, -0.05) is 12.1 Å². The number of hydrogen-bond acceptors (Lipinski definition) is 3. The smallest absolute Gasteiger partial charge is 0.394 e. The fourth-order valence-corrected chi connectivity index (χ4v) is 3.07. The number of amides is 1. The van der Waals surface area contributed by atoms with E-state index in [9.17, 15) is 32.3 Å². The third-order valence-electron chi connectivity index (χ3n) is 4.72. The van der Waals surface area contributed by atoms with Crippen LogP contribution < -0.4 is 10.9 Å². The second-order valence-corrected chi connectivity index (χ2v) is 6.86. The molecule has 1 atom stereocenters. The van der Waals surface area contributed by atoms with E-state index in [0.717, 1.165) is 6.07 Å². The minimum absolute atomic E-state index is 0.181. The molecule has 2 aromatic carbocycles. The van der Waals surface area contributed by atoms with Crippen molar-refractivity contribution in [1.29, 1.82) is 0 Å². The summed E-state index contributed by atoms with van der Waals surface area (Å²) >= 11 is 0. The van der Waals surface area contributed by atoms with Crippen LogP contribution >= 0.6 is 0 Å². The number of anilines is 1. The summed E-state index contributed by atoms with van der Waals surface area (Å²) < 4.78 is 53.3. The highest BCUT2D eigenvalue weighted by Gasteiger charge is 2.31. The SMILES string of the molecule is CC(CO)n1ccc2c(NC(=O)Cc3ccc(C(F)(F)F)cc3F)cccc2c1=O. The highest BCUT2D eigenvalue weighted by Crippen LogP contribution is 2.30. The van der Waals surface area contributed by atoms with Gasteiger partial charge in [0, 0.05) is 22.7 Å². The number of rotatable bonds is 5. The van der Waals surface area contributed by atoms with Crippen molar-refractivity contribution in [3.8, 4) is 0 Å². The van der Waals surface area contributed by atoms with Gasteiger partial charge in [-0.25, -0.2) is 4.39 Å². The van der Waals surface area contributed by atoms with Crippen LogP contribution in [0.25, 0.3) is 10.8 Å². The second kappa shape index (κ2) is 8.27. The van der Waals surface area contributed by atoms with Gasteiger partial charge in [0.25, 0.3) is 5.56 Å². The average molecular weight is 422 g/mol. The first-order valence-electron chi connectivity index (χ1n) is 9.02. The largest absolute Gasteiger partial charge is 0.416 e. The van der Waals surface area contributed by atoms with Crippen LogP contribution in [-0.4, -0.2) is 22.2 Å². The van der Waals surface area contributed by atoms with Crippen molar-refractivity contribution >= 4 is 22.4 Å². The second-order valence-electron chi connectivity index (χ2n) is 6.86. The van der Waals surface area contributed by atoms with Crippen molar-refractivity contribution < 1.29 is 27.5 Å². The first-order chi connectivity index (χ1) is 14.1. The molecule has 1 amide bonds. The quantitative estimate of drug-likeness (QED) is 0.613. The standard InChI is InChI=1S/C21H18F4N2O3/c1-12(11-28)27-8-7-15-16(20(27)30)3-2-4-18(15)26-19(29)9-13-5-6-14(10-17(13)22)21(23,24)25/h2-8,10,12,28H,9,11H2,1H3,(H,26,29). The normalized spacial score (nSPS) is 12.7. The summed E-state index contributed by atoms with van der Waals surface area (Å²) in [6.07, 6.45) is -3.65. The van der Waals surface area contributed by atoms with Crippen molar-refractivity contribution in [3.05, 3.63) is 76.0 Å². The van der Waals surface area contributed by atoms with Gasteiger partial charge < -0.3 is 15.0 Å². The number of alkyl halides is 3. The molecule has 0 bridgehead atoms. The Hall–Kier alpha value is -3.20. The summed E-state index contributed by atoms with van der Waals surface area (Å²) in [5.74, 6) is -1.77. The van der Waals surface area contributed by atoms with Gasteiger partial charge in [-0.15, -0.1) is 0 Å². The van der Waals surface area contributed by atoms with Gasteiger partial charge in [0.05, 0.1) is 24.6 Å². The highest BCUT2D eigenvalue weighted by atomic mass is 19.4. The molecular formula is C21H18F4N2O3. The Balaban J connectivity index is 1.85. The van der Waals surface area contributed by atoms with E-state index in [1.54, 1.807) is 31.2 Å². The van der Waals surface area contributed by atoms with Crippen LogP contribution in [0.3, 0.4) is 0 Å². The number of nitrogens with one attached hydrogen (secondary N) is 1. The molecule has 2 N–H and O–H groups in total. The van der Waals surface area contributed by atoms with E-state index in [0.29, 0.717) is 28.6 Å². The lowest BCUT2D eigenvalue weighted by Crippen LogP contribution is -2.25. The van der Waals surface area contributed by atoms with Crippen LogP contribution in [0, 0.1) is 5.82 Å². The maximum absolute atomic E-state index is 14.0. The number of aromatic nitrogens is 1. The van der Waals surface area contributed by atoms with E-state index in [1.807, 2.05) is 0 Å². The molecule has 9 heteroatoms. The maximum atomic E-state index is 14.0. The van der Waals surface area contributed by atoms with Crippen molar-refractivity contribution in [3.63, 3.8) is 0 Å². The number of nitrogens with zero attached hydrogens (tertiary/aromatic N) is 1. The predicted molar refractivity (Wildman–Crippen MR) is 104 cm³/mol. The molecule has 1 heterocycles. The lowest BCUT2D eigenvalue weighted by molar-refractivity contribution is -0.137. The number of halogens is 4. The number of carbonyl (C=O) groups is 1. The van der Waals surface area contributed by atoms with Crippen LogP contribution in [0.4, 0.5) is 23.2 Å². The number of fused-ring (bicyclic) bond motifs is 1. The topological polar surface area (TPSA) is 71.3 Å². The fraction of sp³-hybridized carbons (Fsp3) is 0.238. The monoisotopic (exact) mass is 422 g/mol.